The van der Waals surface area contributed by atoms with Gasteiger partial charge in [0.2, 0.25) is 23.6 Å². The molecule has 1 fully saturated rings. The van der Waals surface area contributed by atoms with Crippen molar-refractivity contribution in [2.24, 2.45) is 11.5 Å². The van der Waals surface area contributed by atoms with Crippen LogP contribution in [0.4, 0.5) is 0 Å². The first-order valence-corrected chi connectivity index (χ1v) is 11.7. The molecule has 0 radical (unpaired) electrons. The minimum absolute atomic E-state index is 0.112. The van der Waals surface area contributed by atoms with Gasteiger partial charge in [-0.3, -0.25) is 19.2 Å². The number of aliphatic hydroxyl groups excluding tert-OH is 1. The molecule has 0 spiro atoms. The van der Waals surface area contributed by atoms with Gasteiger partial charge in [-0.1, -0.05) is 0 Å². The number of nitrogens with zero attached hydrogens (tertiary/aromatic N) is 1. The van der Waals surface area contributed by atoms with Crippen LogP contribution in [0.1, 0.15) is 39.0 Å². The van der Waals surface area contributed by atoms with Gasteiger partial charge < -0.3 is 37.2 Å². The molecule has 5 atom stereocenters. The molecule has 12 nitrogen and oxygen atoms in total. The molecule has 8 N–H and O–H groups in total. The van der Waals surface area contributed by atoms with E-state index in [1.807, 2.05) is 6.26 Å². The minimum atomic E-state index is -1.24. The van der Waals surface area contributed by atoms with Gasteiger partial charge in [0, 0.05) is 13.0 Å². The van der Waals surface area contributed by atoms with Gasteiger partial charge in [-0.2, -0.15) is 11.8 Å². The van der Waals surface area contributed by atoms with Crippen molar-refractivity contribution >= 4 is 41.4 Å². The third kappa shape index (κ3) is 8.28. The number of aliphatic carboxylic acids is 1. The van der Waals surface area contributed by atoms with E-state index in [0.29, 0.717) is 18.6 Å². The summed E-state index contributed by atoms with van der Waals surface area (Å²) in [6.07, 6.45) is 1.40. The van der Waals surface area contributed by atoms with Crippen molar-refractivity contribution in [2.75, 3.05) is 18.6 Å². The molecule has 0 aromatic rings. The normalized spacial score (nSPS) is 19.5. The van der Waals surface area contributed by atoms with Crippen LogP contribution in [0.3, 0.4) is 0 Å². The van der Waals surface area contributed by atoms with Gasteiger partial charge in [-0.25, -0.2) is 4.79 Å². The van der Waals surface area contributed by atoms with Gasteiger partial charge in [0.1, 0.15) is 24.2 Å². The Hall–Kier alpha value is -2.38. The number of amides is 4. The average molecular weight is 476 g/mol. The molecule has 13 heteroatoms. The molecule has 1 saturated heterocycles. The highest BCUT2D eigenvalue weighted by atomic mass is 32.2. The molecule has 0 bridgehead atoms. The number of nitrogens with two attached hydrogens (primary N) is 2. The Labute approximate surface area is 190 Å². The predicted molar refractivity (Wildman–Crippen MR) is 117 cm³/mol. The molecule has 32 heavy (non-hydrogen) atoms. The Bertz CT molecular complexity index is 706. The lowest BCUT2D eigenvalue weighted by atomic mass is 10.1. The average Bonchev–Trinajstić information content (AvgIpc) is 3.22. The first-order chi connectivity index (χ1) is 15.0. The second kappa shape index (κ2) is 13.2. The summed E-state index contributed by atoms with van der Waals surface area (Å²) >= 11 is 1.44. The number of primary amides is 1. The van der Waals surface area contributed by atoms with Crippen LogP contribution >= 0.6 is 11.8 Å². The zero-order valence-corrected chi connectivity index (χ0v) is 19.1. The number of hydrogen-bond acceptors (Lipinski definition) is 8. The van der Waals surface area contributed by atoms with Crippen molar-refractivity contribution in [2.45, 2.75) is 69.3 Å². The number of hydrogen-bond donors (Lipinski definition) is 6. The summed E-state index contributed by atoms with van der Waals surface area (Å²) in [4.78, 5) is 62.1. The number of aliphatic hydroxyl groups is 1. The van der Waals surface area contributed by atoms with E-state index in [4.69, 9.17) is 11.5 Å². The van der Waals surface area contributed by atoms with Crippen molar-refractivity contribution in [3.8, 4) is 0 Å². The molecular formula is C19H33N5O7S. The van der Waals surface area contributed by atoms with Crippen LogP contribution in [-0.2, 0) is 24.0 Å². The Morgan fingerprint density at radius 3 is 2.28 bits per heavy atom. The van der Waals surface area contributed by atoms with Crippen LogP contribution in [0.25, 0.3) is 0 Å². The summed E-state index contributed by atoms with van der Waals surface area (Å²) in [5.41, 5.74) is 10.8. The largest absolute Gasteiger partial charge is 0.480 e. The standard InChI is InChI=1S/C19H33N5O7S/c1-10(25)15(21)17(28)22-11(7-9-32-2)16(27)23-12(5-6-14(20)26)18(29)24-8-3-4-13(24)19(30)31/h10-13,15,25H,3-9,21H2,1-2H3,(H2,20,26)(H,22,28)(H,23,27)(H,30,31). The smallest absolute Gasteiger partial charge is 0.326 e. The molecule has 4 amide bonds. The summed E-state index contributed by atoms with van der Waals surface area (Å²) in [6.45, 7) is 1.56. The van der Waals surface area contributed by atoms with Crippen molar-refractivity contribution in [3.63, 3.8) is 0 Å². The minimum Gasteiger partial charge on any atom is -0.480 e. The topological polar surface area (TPSA) is 205 Å². The quantitative estimate of drug-likeness (QED) is 0.170. The lowest BCUT2D eigenvalue weighted by Crippen LogP contribution is -2.58. The third-order valence-corrected chi connectivity index (χ3v) is 5.82. The Kier molecular flexibility index (Phi) is 11.4. The lowest BCUT2D eigenvalue weighted by molar-refractivity contribution is -0.149. The SMILES string of the molecule is CSCCC(NC(=O)C(N)C(C)O)C(=O)NC(CCC(N)=O)C(=O)N1CCCC1C(=O)O. The fourth-order valence-electron chi connectivity index (χ4n) is 3.30. The molecule has 0 aromatic carbocycles. The summed E-state index contributed by atoms with van der Waals surface area (Å²) in [6, 6.07) is -4.48. The highest BCUT2D eigenvalue weighted by molar-refractivity contribution is 7.98. The van der Waals surface area contributed by atoms with Crippen molar-refractivity contribution in [1.29, 1.82) is 0 Å². The van der Waals surface area contributed by atoms with Crippen molar-refractivity contribution in [1.82, 2.24) is 15.5 Å². The first-order valence-electron chi connectivity index (χ1n) is 10.3. The molecule has 1 aliphatic rings. The third-order valence-electron chi connectivity index (χ3n) is 5.18. The van der Waals surface area contributed by atoms with E-state index in [1.54, 1.807) is 0 Å². The van der Waals surface area contributed by atoms with E-state index in [-0.39, 0.29) is 25.8 Å². The number of carbonyl (C=O) groups is 5. The van der Waals surface area contributed by atoms with Crippen LogP contribution in [0.15, 0.2) is 0 Å². The maximum Gasteiger partial charge on any atom is 0.326 e. The van der Waals surface area contributed by atoms with E-state index in [0.717, 1.165) is 0 Å². The Morgan fingerprint density at radius 1 is 1.12 bits per heavy atom. The number of carboxylic acids is 1. The summed E-state index contributed by atoms with van der Waals surface area (Å²) in [5, 5.41) is 23.9. The summed E-state index contributed by atoms with van der Waals surface area (Å²) in [7, 11) is 0. The van der Waals surface area contributed by atoms with Crippen LogP contribution in [-0.4, -0.2) is 93.5 Å². The maximum absolute atomic E-state index is 13.0. The number of carbonyl (C=O) groups excluding carboxylic acids is 4. The van der Waals surface area contributed by atoms with Crippen molar-refractivity contribution < 1.29 is 34.2 Å². The fraction of sp³-hybridized carbons (Fsp3) is 0.737. The van der Waals surface area contributed by atoms with Gasteiger partial charge in [0.15, 0.2) is 0 Å². The fourth-order valence-corrected chi connectivity index (χ4v) is 3.77. The number of carboxylic acid groups (broad SMARTS) is 1. The van der Waals surface area contributed by atoms with Crippen molar-refractivity contribution in [3.05, 3.63) is 0 Å². The summed E-state index contributed by atoms with van der Waals surface area (Å²) < 4.78 is 0. The first kappa shape index (κ1) is 27.7. The molecule has 0 aromatic heterocycles. The monoisotopic (exact) mass is 475 g/mol. The molecule has 1 aliphatic heterocycles. The Morgan fingerprint density at radius 2 is 1.75 bits per heavy atom. The Balaban J connectivity index is 3.01. The van der Waals surface area contributed by atoms with E-state index < -0.39 is 59.9 Å². The number of rotatable bonds is 13. The number of thioether (sulfide) groups is 1. The van der Waals surface area contributed by atoms with Gasteiger partial charge in [0.05, 0.1) is 6.10 Å². The van der Waals surface area contributed by atoms with Gasteiger partial charge in [0.25, 0.3) is 0 Å². The van der Waals surface area contributed by atoms with Crippen LogP contribution < -0.4 is 22.1 Å². The zero-order chi connectivity index (χ0) is 24.4. The zero-order valence-electron chi connectivity index (χ0n) is 18.3. The maximum atomic E-state index is 13.0. The van der Waals surface area contributed by atoms with Crippen LogP contribution in [0.5, 0.6) is 0 Å². The molecule has 0 saturated carbocycles. The second-order valence-corrected chi connectivity index (χ2v) is 8.69. The van der Waals surface area contributed by atoms with E-state index in [9.17, 15) is 34.2 Å². The van der Waals surface area contributed by atoms with E-state index >= 15 is 0 Å². The van der Waals surface area contributed by atoms with Gasteiger partial charge in [-0.15, -0.1) is 0 Å². The van der Waals surface area contributed by atoms with Crippen LogP contribution in [0, 0.1) is 0 Å². The van der Waals surface area contributed by atoms with Gasteiger partial charge in [-0.05, 0) is 44.6 Å². The van der Waals surface area contributed by atoms with Crippen LogP contribution in [0.2, 0.25) is 0 Å². The second-order valence-electron chi connectivity index (χ2n) is 7.70. The van der Waals surface area contributed by atoms with Gasteiger partial charge >= 0.3 is 5.97 Å². The summed E-state index contributed by atoms with van der Waals surface area (Å²) in [5.74, 6) is -3.35. The van der Waals surface area contributed by atoms with E-state index in [1.165, 1.54) is 23.6 Å². The number of nitrogens with one attached hydrogen (secondary N) is 2. The molecular weight excluding hydrogens is 442 g/mol. The highest BCUT2D eigenvalue weighted by Crippen LogP contribution is 2.19. The lowest BCUT2D eigenvalue weighted by Gasteiger charge is -2.29. The highest BCUT2D eigenvalue weighted by Gasteiger charge is 2.38. The molecule has 1 heterocycles. The molecule has 182 valence electrons. The molecule has 1 rings (SSSR count). The predicted octanol–water partition coefficient (Wildman–Crippen LogP) is -2.24. The van der Waals surface area contributed by atoms with E-state index in [2.05, 4.69) is 10.6 Å². The molecule has 5 unspecified atom stereocenters. The molecule has 0 aliphatic carbocycles. The number of likely N-dealkylation sites (tertiary alicyclic amines) is 1.